The maximum Gasteiger partial charge on any atom is 0.279 e. The molecule has 0 unspecified atom stereocenters. The number of hydrogen-bond acceptors (Lipinski definition) is 6. The second-order valence-electron chi connectivity index (χ2n) is 6.90. The van der Waals surface area contributed by atoms with Crippen LogP contribution in [0.25, 0.3) is 11.3 Å². The quantitative estimate of drug-likeness (QED) is 0.260. The van der Waals surface area contributed by atoms with E-state index in [0.717, 1.165) is 10.0 Å². The molecule has 0 radical (unpaired) electrons. The number of nitrogens with two attached hydrogens (primary N) is 1. The van der Waals surface area contributed by atoms with Gasteiger partial charge in [-0.3, -0.25) is 4.72 Å². The van der Waals surface area contributed by atoms with Crippen LogP contribution in [0.3, 0.4) is 0 Å². The first-order chi connectivity index (χ1) is 15.2. The fourth-order valence-corrected chi connectivity index (χ4v) is 5.44. The predicted octanol–water partition coefficient (Wildman–Crippen LogP) is 6.71. The van der Waals surface area contributed by atoms with Crippen LogP contribution in [0.2, 0.25) is 5.02 Å². The van der Waals surface area contributed by atoms with Gasteiger partial charge in [0, 0.05) is 16.6 Å². The van der Waals surface area contributed by atoms with Crippen molar-refractivity contribution in [3.8, 4) is 22.2 Å². The molecule has 3 aromatic carbocycles. The van der Waals surface area contributed by atoms with Crippen LogP contribution in [0.15, 0.2) is 75.4 Å². The van der Waals surface area contributed by atoms with Gasteiger partial charge in [-0.25, -0.2) is 13.4 Å². The fraction of sp³-hybridized carbons (Fsp3) is 0.0455. The van der Waals surface area contributed by atoms with Crippen molar-refractivity contribution in [2.24, 2.45) is 0 Å². The molecule has 0 saturated carbocycles. The van der Waals surface area contributed by atoms with Crippen LogP contribution in [0.1, 0.15) is 5.56 Å². The van der Waals surface area contributed by atoms with Crippen molar-refractivity contribution in [2.75, 3.05) is 10.5 Å². The van der Waals surface area contributed by atoms with Crippen LogP contribution in [-0.2, 0) is 10.0 Å². The molecule has 0 saturated heterocycles. The number of anilines is 2. The lowest BCUT2D eigenvalue weighted by Crippen LogP contribution is -2.12. The lowest BCUT2D eigenvalue weighted by Gasteiger charge is -2.10. The molecule has 0 spiro atoms. The van der Waals surface area contributed by atoms with E-state index in [4.69, 9.17) is 22.1 Å². The van der Waals surface area contributed by atoms with Crippen molar-refractivity contribution in [1.82, 2.24) is 4.98 Å². The summed E-state index contributed by atoms with van der Waals surface area (Å²) in [5.41, 5.74) is 8.85. The Labute approximate surface area is 203 Å². The summed E-state index contributed by atoms with van der Waals surface area (Å²) < 4.78 is 34.4. The Morgan fingerprint density at radius 1 is 1.09 bits per heavy atom. The van der Waals surface area contributed by atoms with Gasteiger partial charge in [0.15, 0.2) is 0 Å². The van der Waals surface area contributed by atoms with E-state index in [-0.39, 0.29) is 4.90 Å². The van der Waals surface area contributed by atoms with E-state index < -0.39 is 10.0 Å². The summed E-state index contributed by atoms with van der Waals surface area (Å²) in [5.74, 6) is 0.662. The number of nitrogen functional groups attached to an aromatic ring is 1. The van der Waals surface area contributed by atoms with Crippen LogP contribution in [0.5, 0.6) is 10.9 Å². The normalized spacial score (nSPS) is 11.3. The first-order valence-electron chi connectivity index (χ1n) is 9.29. The Morgan fingerprint density at radius 3 is 2.53 bits per heavy atom. The van der Waals surface area contributed by atoms with Gasteiger partial charge in [-0.1, -0.05) is 29.0 Å². The SMILES string of the molecule is Cc1ccc(Oc2nc(-c3ccc(NS(=O)(=O)c4ccc(N)cc4)cc3Cl)cs2)c(Br)c1. The van der Waals surface area contributed by atoms with Crippen LogP contribution < -0.4 is 15.2 Å². The van der Waals surface area contributed by atoms with Crippen molar-refractivity contribution in [2.45, 2.75) is 11.8 Å². The summed E-state index contributed by atoms with van der Waals surface area (Å²) in [6, 6.07) is 16.6. The largest absolute Gasteiger partial charge is 0.430 e. The van der Waals surface area contributed by atoms with Crippen molar-refractivity contribution < 1.29 is 13.2 Å². The number of aryl methyl sites for hydroxylation is 1. The summed E-state index contributed by atoms with van der Waals surface area (Å²) in [4.78, 5) is 4.61. The molecule has 3 N–H and O–H groups in total. The zero-order valence-corrected chi connectivity index (χ0v) is 20.6. The molecule has 164 valence electrons. The first-order valence-corrected chi connectivity index (χ1v) is 12.8. The molecule has 1 heterocycles. The highest BCUT2D eigenvalue weighted by molar-refractivity contribution is 9.10. The van der Waals surface area contributed by atoms with Gasteiger partial charge >= 0.3 is 0 Å². The van der Waals surface area contributed by atoms with Gasteiger partial charge in [-0.05, 0) is 83.0 Å². The second kappa shape index (κ2) is 9.11. The lowest BCUT2D eigenvalue weighted by molar-refractivity contribution is 0.476. The Hall–Kier alpha value is -2.59. The summed E-state index contributed by atoms with van der Waals surface area (Å²) in [6.45, 7) is 2.00. The van der Waals surface area contributed by atoms with Crippen LogP contribution in [0.4, 0.5) is 11.4 Å². The highest BCUT2D eigenvalue weighted by Gasteiger charge is 2.16. The topological polar surface area (TPSA) is 94.3 Å². The monoisotopic (exact) mass is 549 g/mol. The number of nitrogens with one attached hydrogen (secondary N) is 1. The van der Waals surface area contributed by atoms with Crippen molar-refractivity contribution >= 4 is 60.3 Å². The summed E-state index contributed by atoms with van der Waals surface area (Å²) in [5, 5.41) is 2.65. The van der Waals surface area contributed by atoms with E-state index in [9.17, 15) is 8.42 Å². The maximum absolute atomic E-state index is 12.6. The molecular weight excluding hydrogens is 534 g/mol. The molecule has 4 rings (SSSR count). The summed E-state index contributed by atoms with van der Waals surface area (Å²) >= 11 is 11.3. The van der Waals surface area contributed by atoms with E-state index in [1.807, 2.05) is 30.5 Å². The van der Waals surface area contributed by atoms with E-state index >= 15 is 0 Å². The molecule has 32 heavy (non-hydrogen) atoms. The number of thiazole rings is 1. The van der Waals surface area contributed by atoms with Crippen molar-refractivity contribution in [3.05, 3.63) is 81.1 Å². The minimum Gasteiger partial charge on any atom is -0.430 e. The molecule has 0 atom stereocenters. The predicted molar refractivity (Wildman–Crippen MR) is 133 cm³/mol. The first kappa shape index (κ1) is 22.6. The number of nitrogens with zero attached hydrogens (tertiary/aromatic N) is 1. The van der Waals surface area contributed by atoms with Gasteiger partial charge in [0.05, 0.1) is 25.8 Å². The zero-order valence-electron chi connectivity index (χ0n) is 16.7. The van der Waals surface area contributed by atoms with E-state index in [1.165, 1.54) is 35.6 Å². The molecule has 0 aliphatic rings. The Bertz CT molecular complexity index is 1390. The number of hydrogen-bond donors (Lipinski definition) is 2. The number of aromatic nitrogens is 1. The molecule has 0 amide bonds. The van der Waals surface area contributed by atoms with E-state index in [0.29, 0.717) is 38.6 Å². The Balaban J connectivity index is 1.53. The van der Waals surface area contributed by atoms with Crippen molar-refractivity contribution in [1.29, 1.82) is 0 Å². The highest BCUT2D eigenvalue weighted by atomic mass is 79.9. The van der Waals surface area contributed by atoms with E-state index in [1.54, 1.807) is 18.2 Å². The van der Waals surface area contributed by atoms with Crippen LogP contribution in [-0.4, -0.2) is 13.4 Å². The summed E-state index contributed by atoms with van der Waals surface area (Å²) in [7, 11) is -3.76. The average Bonchev–Trinajstić information content (AvgIpc) is 3.18. The number of benzene rings is 3. The van der Waals surface area contributed by atoms with Gasteiger partial charge in [-0.15, -0.1) is 0 Å². The Kier molecular flexibility index (Phi) is 6.43. The molecule has 0 bridgehead atoms. The number of sulfonamides is 1. The molecule has 0 fully saturated rings. The van der Waals surface area contributed by atoms with Gasteiger partial charge < -0.3 is 10.5 Å². The minimum atomic E-state index is -3.76. The molecule has 6 nitrogen and oxygen atoms in total. The van der Waals surface area contributed by atoms with Gasteiger partial charge in [-0.2, -0.15) is 0 Å². The van der Waals surface area contributed by atoms with Gasteiger partial charge in [0.1, 0.15) is 5.75 Å². The third-order valence-corrected chi connectivity index (χ3v) is 7.50. The number of halogens is 2. The second-order valence-corrected chi connectivity index (χ2v) is 10.7. The van der Waals surface area contributed by atoms with Crippen LogP contribution in [0, 0.1) is 6.92 Å². The molecule has 0 aliphatic carbocycles. The Morgan fingerprint density at radius 2 is 1.84 bits per heavy atom. The fourth-order valence-electron chi connectivity index (χ4n) is 2.86. The van der Waals surface area contributed by atoms with E-state index in [2.05, 4.69) is 25.6 Å². The zero-order chi connectivity index (χ0) is 22.9. The van der Waals surface area contributed by atoms with Crippen molar-refractivity contribution in [3.63, 3.8) is 0 Å². The van der Waals surface area contributed by atoms with Gasteiger partial charge in [0.25, 0.3) is 15.2 Å². The molecule has 4 aromatic rings. The smallest absolute Gasteiger partial charge is 0.279 e. The molecule has 1 aromatic heterocycles. The van der Waals surface area contributed by atoms with Gasteiger partial charge in [0.2, 0.25) is 0 Å². The standard InChI is InChI=1S/C22H17BrClN3O3S2/c1-13-2-9-21(18(23)10-13)30-22-26-20(12-31-22)17-8-5-15(11-19(17)24)27-32(28,29)16-6-3-14(25)4-7-16/h2-12,27H,25H2,1H3. The molecule has 10 heteroatoms. The minimum absolute atomic E-state index is 0.107. The number of ether oxygens (including phenoxy) is 1. The maximum atomic E-state index is 12.6. The third kappa shape index (κ3) is 5.07. The third-order valence-electron chi connectivity index (χ3n) is 4.46. The summed E-state index contributed by atoms with van der Waals surface area (Å²) in [6.07, 6.45) is 0. The molecule has 0 aliphatic heterocycles. The molecular formula is C22H17BrClN3O3S2. The van der Waals surface area contributed by atoms with Crippen LogP contribution >= 0.6 is 38.9 Å². The number of rotatable bonds is 6. The lowest BCUT2D eigenvalue weighted by atomic mass is 10.1. The highest BCUT2D eigenvalue weighted by Crippen LogP contribution is 2.37. The average molecular weight is 551 g/mol.